The molecule has 21 heavy (non-hydrogen) atoms. The molecule has 0 atom stereocenters. The van der Waals surface area contributed by atoms with Crippen molar-refractivity contribution in [1.29, 1.82) is 0 Å². The first kappa shape index (κ1) is 13.8. The molecule has 4 nitrogen and oxygen atoms in total. The van der Waals surface area contributed by atoms with Crippen LogP contribution in [0.4, 0.5) is 4.39 Å². The molecular formula is C16H18FN3O. The molecule has 0 unspecified atom stereocenters. The molecule has 5 heteroatoms. The second-order valence-electron chi connectivity index (χ2n) is 5.62. The minimum absolute atomic E-state index is 0.0492. The van der Waals surface area contributed by atoms with Gasteiger partial charge in [0.1, 0.15) is 11.5 Å². The lowest BCUT2D eigenvalue weighted by molar-refractivity contribution is 0.0936. The van der Waals surface area contributed by atoms with Crippen molar-refractivity contribution in [2.75, 3.05) is 0 Å². The Morgan fingerprint density at radius 3 is 2.81 bits per heavy atom. The molecule has 0 saturated heterocycles. The van der Waals surface area contributed by atoms with Gasteiger partial charge in [0.15, 0.2) is 5.69 Å². The van der Waals surface area contributed by atoms with Crippen LogP contribution in [-0.2, 0) is 12.8 Å². The molecule has 1 aliphatic carbocycles. The molecule has 0 bridgehead atoms. The Balaban J connectivity index is 2.08. The summed E-state index contributed by atoms with van der Waals surface area (Å²) < 4.78 is 15.6. The summed E-state index contributed by atoms with van der Waals surface area (Å²) in [6.07, 6.45) is 2.62. The zero-order valence-corrected chi connectivity index (χ0v) is 12.2. The van der Waals surface area contributed by atoms with Gasteiger partial charge in [0, 0.05) is 17.3 Å². The quantitative estimate of drug-likeness (QED) is 0.943. The highest BCUT2D eigenvalue weighted by molar-refractivity contribution is 5.94. The van der Waals surface area contributed by atoms with Crippen LogP contribution in [-0.4, -0.2) is 21.7 Å². The molecule has 2 aromatic rings. The second-order valence-corrected chi connectivity index (χ2v) is 5.62. The largest absolute Gasteiger partial charge is 0.348 e. The summed E-state index contributed by atoms with van der Waals surface area (Å²) >= 11 is 0. The number of nitrogens with zero attached hydrogens (tertiary/aromatic N) is 2. The molecule has 3 rings (SSSR count). The molecule has 0 spiro atoms. The van der Waals surface area contributed by atoms with E-state index in [0.717, 1.165) is 30.5 Å². The number of benzene rings is 1. The monoisotopic (exact) mass is 287 g/mol. The van der Waals surface area contributed by atoms with Gasteiger partial charge in [-0.05, 0) is 45.2 Å². The third-order valence-electron chi connectivity index (χ3n) is 3.65. The second kappa shape index (κ2) is 5.31. The molecule has 1 aromatic carbocycles. The van der Waals surface area contributed by atoms with Crippen molar-refractivity contribution in [3.8, 4) is 5.69 Å². The van der Waals surface area contributed by atoms with Gasteiger partial charge in [-0.3, -0.25) is 4.79 Å². The number of nitrogens with one attached hydrogen (secondary N) is 1. The van der Waals surface area contributed by atoms with Crippen molar-refractivity contribution in [2.45, 2.75) is 39.2 Å². The Labute approximate surface area is 123 Å². The summed E-state index contributed by atoms with van der Waals surface area (Å²) in [6.45, 7) is 3.82. The molecule has 110 valence electrons. The predicted octanol–water partition coefficient (Wildman–Crippen LogP) is 2.64. The van der Waals surface area contributed by atoms with Crippen molar-refractivity contribution in [1.82, 2.24) is 15.1 Å². The number of para-hydroxylation sites is 1. The van der Waals surface area contributed by atoms with Gasteiger partial charge in [0.2, 0.25) is 0 Å². The Hall–Kier alpha value is -2.17. The van der Waals surface area contributed by atoms with Gasteiger partial charge >= 0.3 is 0 Å². The zero-order valence-electron chi connectivity index (χ0n) is 12.2. The fraction of sp³-hybridized carbons (Fsp3) is 0.375. The number of carbonyl (C=O) groups excluding carboxylic acids is 1. The smallest absolute Gasteiger partial charge is 0.272 e. The number of hydrogen-bond donors (Lipinski definition) is 1. The minimum atomic E-state index is -0.328. The summed E-state index contributed by atoms with van der Waals surface area (Å²) in [7, 11) is 0. The van der Waals surface area contributed by atoms with Gasteiger partial charge in [0.05, 0.1) is 0 Å². The van der Waals surface area contributed by atoms with E-state index in [-0.39, 0.29) is 17.8 Å². The third kappa shape index (κ3) is 2.44. The standard InChI is InChI=1S/C16H18FN3O/c1-10(2)18-16(21)15-11-6-5-9-13(11)20(19-15)14-8-4-3-7-12(14)17/h3-4,7-8,10H,5-6,9H2,1-2H3,(H,18,21). The number of fused-ring (bicyclic) bond motifs is 1. The first-order chi connectivity index (χ1) is 10.1. The lowest BCUT2D eigenvalue weighted by Crippen LogP contribution is -2.31. The van der Waals surface area contributed by atoms with Crippen LogP contribution in [0.25, 0.3) is 5.69 Å². The van der Waals surface area contributed by atoms with Crippen LogP contribution in [0.2, 0.25) is 0 Å². The normalized spacial score (nSPS) is 13.5. The van der Waals surface area contributed by atoms with Gasteiger partial charge in [-0.25, -0.2) is 9.07 Å². The van der Waals surface area contributed by atoms with E-state index in [1.807, 2.05) is 13.8 Å². The first-order valence-corrected chi connectivity index (χ1v) is 7.24. The van der Waals surface area contributed by atoms with E-state index < -0.39 is 0 Å². The van der Waals surface area contributed by atoms with Gasteiger partial charge in [-0.15, -0.1) is 0 Å². The van der Waals surface area contributed by atoms with Gasteiger partial charge in [-0.2, -0.15) is 5.10 Å². The van der Waals surface area contributed by atoms with E-state index in [9.17, 15) is 9.18 Å². The summed E-state index contributed by atoms with van der Waals surface area (Å²) in [5.74, 6) is -0.510. The molecule has 1 aliphatic rings. The number of halogens is 1. The highest BCUT2D eigenvalue weighted by Crippen LogP contribution is 2.28. The van der Waals surface area contributed by atoms with E-state index in [0.29, 0.717) is 11.4 Å². The maximum absolute atomic E-state index is 14.0. The molecule has 0 radical (unpaired) electrons. The molecule has 0 aliphatic heterocycles. The lowest BCUT2D eigenvalue weighted by atomic mass is 10.2. The molecular weight excluding hydrogens is 269 g/mol. The number of aromatic nitrogens is 2. The van der Waals surface area contributed by atoms with E-state index in [4.69, 9.17) is 0 Å². The fourth-order valence-electron chi connectivity index (χ4n) is 2.77. The zero-order chi connectivity index (χ0) is 15.0. The molecule has 1 amide bonds. The first-order valence-electron chi connectivity index (χ1n) is 7.24. The summed E-state index contributed by atoms with van der Waals surface area (Å²) in [5, 5.41) is 7.24. The van der Waals surface area contributed by atoms with Crippen LogP contribution < -0.4 is 5.32 Å². The number of amides is 1. The van der Waals surface area contributed by atoms with Crippen molar-refractivity contribution in [2.24, 2.45) is 0 Å². The van der Waals surface area contributed by atoms with Crippen LogP contribution in [0.3, 0.4) is 0 Å². The lowest BCUT2D eigenvalue weighted by Gasteiger charge is -2.07. The van der Waals surface area contributed by atoms with Gasteiger partial charge in [-0.1, -0.05) is 12.1 Å². The van der Waals surface area contributed by atoms with E-state index >= 15 is 0 Å². The van der Waals surface area contributed by atoms with Crippen molar-refractivity contribution in [3.63, 3.8) is 0 Å². The molecule has 0 saturated carbocycles. The summed E-state index contributed by atoms with van der Waals surface area (Å²) in [4.78, 5) is 12.3. The van der Waals surface area contributed by atoms with E-state index in [1.54, 1.807) is 22.9 Å². The van der Waals surface area contributed by atoms with Crippen molar-refractivity contribution in [3.05, 3.63) is 47.0 Å². The van der Waals surface area contributed by atoms with Crippen LogP contribution in [0.1, 0.15) is 42.0 Å². The maximum Gasteiger partial charge on any atom is 0.272 e. The van der Waals surface area contributed by atoms with Crippen LogP contribution in [0.5, 0.6) is 0 Å². The Bertz CT molecular complexity index is 691. The Morgan fingerprint density at radius 1 is 1.33 bits per heavy atom. The molecule has 1 heterocycles. The summed E-state index contributed by atoms with van der Waals surface area (Å²) in [6, 6.07) is 6.56. The van der Waals surface area contributed by atoms with Crippen LogP contribution in [0.15, 0.2) is 24.3 Å². The average Bonchev–Trinajstić information content (AvgIpc) is 3.00. The van der Waals surface area contributed by atoms with Crippen molar-refractivity contribution < 1.29 is 9.18 Å². The topological polar surface area (TPSA) is 46.9 Å². The predicted molar refractivity (Wildman–Crippen MR) is 78.1 cm³/mol. The SMILES string of the molecule is CC(C)NC(=O)c1nn(-c2ccccc2F)c2c1CCC2. The number of rotatable bonds is 3. The van der Waals surface area contributed by atoms with Crippen LogP contribution in [0, 0.1) is 5.82 Å². The van der Waals surface area contributed by atoms with Gasteiger partial charge in [0.25, 0.3) is 5.91 Å². The molecule has 1 aromatic heterocycles. The van der Waals surface area contributed by atoms with E-state index in [2.05, 4.69) is 10.4 Å². The Morgan fingerprint density at radius 2 is 2.10 bits per heavy atom. The highest BCUT2D eigenvalue weighted by atomic mass is 19.1. The Kier molecular flexibility index (Phi) is 3.49. The van der Waals surface area contributed by atoms with Gasteiger partial charge < -0.3 is 5.32 Å². The third-order valence-corrected chi connectivity index (χ3v) is 3.65. The summed E-state index contributed by atoms with van der Waals surface area (Å²) in [5.41, 5.74) is 2.74. The highest BCUT2D eigenvalue weighted by Gasteiger charge is 2.27. The van der Waals surface area contributed by atoms with Crippen LogP contribution >= 0.6 is 0 Å². The average molecular weight is 287 g/mol. The van der Waals surface area contributed by atoms with Crippen molar-refractivity contribution >= 4 is 5.91 Å². The molecule has 1 N–H and O–H groups in total. The minimum Gasteiger partial charge on any atom is -0.348 e. The molecule has 0 fully saturated rings. The number of hydrogen-bond acceptors (Lipinski definition) is 2. The maximum atomic E-state index is 14.0. The van der Waals surface area contributed by atoms with E-state index in [1.165, 1.54) is 6.07 Å². The number of carbonyl (C=O) groups is 1. The fourth-order valence-corrected chi connectivity index (χ4v) is 2.77.